The maximum absolute atomic E-state index is 8.57. The Bertz CT molecular complexity index is 89.1. The summed E-state index contributed by atoms with van der Waals surface area (Å²) < 4.78 is 0. The highest BCUT2D eigenvalue weighted by Crippen LogP contribution is 2.18. The highest BCUT2D eigenvalue weighted by Gasteiger charge is 2.12. The average Bonchev–Trinajstić information content (AvgIpc) is 2.10. The van der Waals surface area contributed by atoms with Crippen LogP contribution < -0.4 is 0 Å². The lowest BCUT2D eigenvalue weighted by atomic mass is 10.1. The van der Waals surface area contributed by atoms with Crippen LogP contribution in [0.2, 0.25) is 0 Å². The summed E-state index contributed by atoms with van der Waals surface area (Å²) in [7, 11) is 0. The van der Waals surface area contributed by atoms with Crippen molar-refractivity contribution in [3.8, 4) is 0 Å². The molecule has 74 valence electrons. The minimum absolute atomic E-state index is 0.220. The Hall–Kier alpha value is 0.620. The van der Waals surface area contributed by atoms with Gasteiger partial charge in [0.2, 0.25) is 0 Å². The molecule has 2 unspecified atom stereocenters. The molecule has 0 aromatic carbocycles. The largest absolute Gasteiger partial charge is 0.396 e. The van der Waals surface area contributed by atoms with E-state index in [9.17, 15) is 0 Å². The molecular formula is C8H18O2S2. The number of rotatable bonds is 7. The third kappa shape index (κ3) is 6.17. The summed E-state index contributed by atoms with van der Waals surface area (Å²) in [6, 6.07) is 0. The van der Waals surface area contributed by atoms with E-state index in [1.807, 2.05) is 0 Å². The van der Waals surface area contributed by atoms with Gasteiger partial charge in [0.05, 0.1) is 0 Å². The van der Waals surface area contributed by atoms with Gasteiger partial charge >= 0.3 is 0 Å². The van der Waals surface area contributed by atoms with Crippen LogP contribution in [0.25, 0.3) is 0 Å². The number of aliphatic hydroxyl groups is 2. The van der Waals surface area contributed by atoms with E-state index in [1.54, 1.807) is 0 Å². The van der Waals surface area contributed by atoms with E-state index in [0.29, 0.717) is 0 Å². The van der Waals surface area contributed by atoms with Crippen molar-refractivity contribution in [3.63, 3.8) is 0 Å². The quantitative estimate of drug-likeness (QED) is 0.476. The summed E-state index contributed by atoms with van der Waals surface area (Å²) in [6.07, 6.45) is 3.34. The molecule has 0 aliphatic heterocycles. The maximum Gasteiger partial charge on any atom is 0.0431 e. The third-order valence-corrected chi connectivity index (χ3v) is 3.23. The van der Waals surface area contributed by atoms with Gasteiger partial charge in [0, 0.05) is 23.7 Å². The second kappa shape index (κ2) is 8.23. The summed E-state index contributed by atoms with van der Waals surface area (Å²) in [5, 5.41) is 17.6. The van der Waals surface area contributed by atoms with Crippen LogP contribution in [-0.4, -0.2) is 33.9 Å². The topological polar surface area (TPSA) is 40.5 Å². The standard InChI is InChI=1S/C8H18O2S2/c9-5-1-3-7(11)8(12)4-2-6-10/h7-12H,1-6H2. The van der Waals surface area contributed by atoms with Crippen LogP contribution >= 0.6 is 25.3 Å². The predicted molar refractivity (Wildman–Crippen MR) is 58.2 cm³/mol. The zero-order valence-corrected chi connectivity index (χ0v) is 8.98. The van der Waals surface area contributed by atoms with Crippen molar-refractivity contribution in [2.45, 2.75) is 36.2 Å². The molecule has 4 heteroatoms. The van der Waals surface area contributed by atoms with Crippen molar-refractivity contribution in [1.82, 2.24) is 0 Å². The predicted octanol–water partition coefficient (Wildman–Crippen LogP) is 1.13. The first-order chi connectivity index (χ1) is 5.72. The van der Waals surface area contributed by atoms with Crippen molar-refractivity contribution >= 4 is 25.3 Å². The molecule has 0 saturated heterocycles. The monoisotopic (exact) mass is 210 g/mol. The summed E-state index contributed by atoms with van der Waals surface area (Å²) in [5.74, 6) is 0. The molecular weight excluding hydrogens is 192 g/mol. The fourth-order valence-corrected chi connectivity index (χ4v) is 1.65. The van der Waals surface area contributed by atoms with Crippen LogP contribution in [0.3, 0.4) is 0 Å². The molecule has 0 amide bonds. The van der Waals surface area contributed by atoms with Gasteiger partial charge in [0.1, 0.15) is 0 Å². The number of hydrogen-bond donors (Lipinski definition) is 4. The van der Waals surface area contributed by atoms with Gasteiger partial charge in [0.25, 0.3) is 0 Å². The van der Waals surface area contributed by atoms with Gasteiger partial charge in [-0.15, -0.1) is 0 Å². The molecule has 0 rings (SSSR count). The number of thiol groups is 2. The molecule has 0 aliphatic carbocycles. The SMILES string of the molecule is OCCCC(S)C(S)CCCO. The first kappa shape index (κ1) is 12.6. The van der Waals surface area contributed by atoms with E-state index in [2.05, 4.69) is 25.3 Å². The zero-order valence-electron chi connectivity index (χ0n) is 7.19. The summed E-state index contributed by atoms with van der Waals surface area (Å²) in [6.45, 7) is 0.440. The molecule has 0 spiro atoms. The Labute approximate surface area is 85.2 Å². The third-order valence-electron chi connectivity index (χ3n) is 1.76. The minimum Gasteiger partial charge on any atom is -0.396 e. The molecule has 2 N–H and O–H groups in total. The Morgan fingerprint density at radius 2 is 1.17 bits per heavy atom. The lowest BCUT2D eigenvalue weighted by molar-refractivity contribution is 0.277. The van der Waals surface area contributed by atoms with Gasteiger partial charge in [-0.2, -0.15) is 25.3 Å². The first-order valence-electron chi connectivity index (χ1n) is 4.30. The van der Waals surface area contributed by atoms with E-state index >= 15 is 0 Å². The molecule has 0 aliphatic rings. The van der Waals surface area contributed by atoms with Gasteiger partial charge in [0.15, 0.2) is 0 Å². The Morgan fingerprint density at radius 1 is 0.833 bits per heavy atom. The van der Waals surface area contributed by atoms with Crippen LogP contribution in [0.1, 0.15) is 25.7 Å². The normalized spacial score (nSPS) is 16.0. The smallest absolute Gasteiger partial charge is 0.0431 e. The molecule has 12 heavy (non-hydrogen) atoms. The molecule has 0 saturated carbocycles. The van der Waals surface area contributed by atoms with Crippen LogP contribution in [-0.2, 0) is 0 Å². The van der Waals surface area contributed by atoms with Crippen LogP contribution in [0.5, 0.6) is 0 Å². The maximum atomic E-state index is 8.57. The molecule has 2 atom stereocenters. The Balaban J connectivity index is 3.39. The lowest BCUT2D eigenvalue weighted by Crippen LogP contribution is -2.16. The van der Waals surface area contributed by atoms with E-state index < -0.39 is 0 Å². The molecule has 0 heterocycles. The second-order valence-electron chi connectivity index (χ2n) is 2.87. The average molecular weight is 210 g/mol. The van der Waals surface area contributed by atoms with E-state index in [0.717, 1.165) is 25.7 Å². The van der Waals surface area contributed by atoms with Crippen LogP contribution in [0.4, 0.5) is 0 Å². The summed E-state index contributed by atoms with van der Waals surface area (Å²) >= 11 is 8.73. The Morgan fingerprint density at radius 3 is 1.42 bits per heavy atom. The van der Waals surface area contributed by atoms with Crippen molar-refractivity contribution in [1.29, 1.82) is 0 Å². The van der Waals surface area contributed by atoms with Gasteiger partial charge < -0.3 is 10.2 Å². The summed E-state index contributed by atoms with van der Waals surface area (Å²) in [4.78, 5) is 0. The fraction of sp³-hybridized carbons (Fsp3) is 1.00. The first-order valence-corrected chi connectivity index (χ1v) is 5.33. The lowest BCUT2D eigenvalue weighted by Gasteiger charge is -2.17. The van der Waals surface area contributed by atoms with Gasteiger partial charge in [-0.3, -0.25) is 0 Å². The van der Waals surface area contributed by atoms with Crippen molar-refractivity contribution in [2.75, 3.05) is 13.2 Å². The molecule has 0 bridgehead atoms. The van der Waals surface area contributed by atoms with Crippen LogP contribution in [0, 0.1) is 0 Å². The molecule has 0 aromatic rings. The van der Waals surface area contributed by atoms with Gasteiger partial charge in [-0.25, -0.2) is 0 Å². The van der Waals surface area contributed by atoms with Crippen molar-refractivity contribution in [2.24, 2.45) is 0 Å². The highest BCUT2D eigenvalue weighted by molar-refractivity contribution is 7.85. The highest BCUT2D eigenvalue weighted by atomic mass is 32.1. The van der Waals surface area contributed by atoms with Gasteiger partial charge in [-0.1, -0.05) is 0 Å². The van der Waals surface area contributed by atoms with E-state index in [-0.39, 0.29) is 23.7 Å². The molecule has 0 fully saturated rings. The number of aliphatic hydroxyl groups excluding tert-OH is 2. The molecule has 2 nitrogen and oxygen atoms in total. The number of hydrogen-bond acceptors (Lipinski definition) is 4. The van der Waals surface area contributed by atoms with Crippen molar-refractivity contribution in [3.05, 3.63) is 0 Å². The Kier molecular flexibility index (Phi) is 8.65. The fourth-order valence-electron chi connectivity index (χ4n) is 0.986. The van der Waals surface area contributed by atoms with Crippen LogP contribution in [0.15, 0.2) is 0 Å². The van der Waals surface area contributed by atoms with E-state index in [4.69, 9.17) is 10.2 Å². The molecule has 0 radical (unpaired) electrons. The zero-order chi connectivity index (χ0) is 9.40. The van der Waals surface area contributed by atoms with Crippen molar-refractivity contribution < 1.29 is 10.2 Å². The summed E-state index contributed by atoms with van der Waals surface area (Å²) in [5.41, 5.74) is 0. The minimum atomic E-state index is 0.220. The second-order valence-corrected chi connectivity index (χ2v) is 4.19. The van der Waals surface area contributed by atoms with Gasteiger partial charge in [-0.05, 0) is 25.7 Å². The van der Waals surface area contributed by atoms with E-state index in [1.165, 1.54) is 0 Å². The molecule has 0 aromatic heterocycles.